The summed E-state index contributed by atoms with van der Waals surface area (Å²) in [5.41, 5.74) is 0.948. The van der Waals surface area contributed by atoms with Crippen molar-refractivity contribution >= 4 is 47.8 Å². The van der Waals surface area contributed by atoms with Crippen LogP contribution in [-0.2, 0) is 6.42 Å². The molecule has 0 amide bonds. The first kappa shape index (κ1) is 13.1. The summed E-state index contributed by atoms with van der Waals surface area (Å²) in [5, 5.41) is 0. The highest BCUT2D eigenvalue weighted by atomic mass is 79.9. The standard InChI is InChI=1S/C11H8Br3N3/c1-2-9-15-5-16-11(17-9)6-3-7(12)10(14)8(13)4-6/h3-5H,2H2,1H3. The first-order chi connectivity index (χ1) is 8.11. The van der Waals surface area contributed by atoms with E-state index in [9.17, 15) is 0 Å². The van der Waals surface area contributed by atoms with Gasteiger partial charge in [0, 0.05) is 25.4 Å². The van der Waals surface area contributed by atoms with Gasteiger partial charge in [0.05, 0.1) is 0 Å². The minimum absolute atomic E-state index is 0.686. The van der Waals surface area contributed by atoms with Gasteiger partial charge >= 0.3 is 0 Å². The van der Waals surface area contributed by atoms with Crippen molar-refractivity contribution < 1.29 is 0 Å². The second-order valence-electron chi connectivity index (χ2n) is 3.33. The van der Waals surface area contributed by atoms with Gasteiger partial charge in [0.2, 0.25) is 0 Å². The molecule has 0 unspecified atom stereocenters. The van der Waals surface area contributed by atoms with E-state index >= 15 is 0 Å². The minimum atomic E-state index is 0.686. The van der Waals surface area contributed by atoms with Crippen LogP contribution in [0.15, 0.2) is 31.9 Å². The van der Waals surface area contributed by atoms with Crippen molar-refractivity contribution in [2.75, 3.05) is 0 Å². The van der Waals surface area contributed by atoms with Gasteiger partial charge in [0.15, 0.2) is 5.82 Å². The van der Waals surface area contributed by atoms with Gasteiger partial charge in [-0.3, -0.25) is 0 Å². The maximum atomic E-state index is 4.39. The summed E-state index contributed by atoms with van der Waals surface area (Å²) in [7, 11) is 0. The predicted octanol–water partition coefficient (Wildman–Crippen LogP) is 4.39. The van der Waals surface area contributed by atoms with Crippen LogP contribution in [0.3, 0.4) is 0 Å². The number of hydrogen-bond acceptors (Lipinski definition) is 3. The molecular formula is C11H8Br3N3. The van der Waals surface area contributed by atoms with Crippen LogP contribution >= 0.6 is 47.8 Å². The van der Waals surface area contributed by atoms with Gasteiger partial charge < -0.3 is 0 Å². The Morgan fingerprint density at radius 2 is 1.71 bits per heavy atom. The molecule has 0 saturated heterocycles. The quantitative estimate of drug-likeness (QED) is 0.675. The van der Waals surface area contributed by atoms with Crippen molar-refractivity contribution in [2.45, 2.75) is 13.3 Å². The van der Waals surface area contributed by atoms with Crippen LogP contribution in [0.2, 0.25) is 0 Å². The molecule has 0 atom stereocenters. The summed E-state index contributed by atoms with van der Waals surface area (Å²) >= 11 is 10.4. The Morgan fingerprint density at radius 3 is 2.29 bits per heavy atom. The van der Waals surface area contributed by atoms with Gasteiger partial charge in [-0.1, -0.05) is 6.92 Å². The molecule has 0 aliphatic carbocycles. The Hall–Kier alpha value is -0.330. The number of benzene rings is 1. The molecule has 0 N–H and O–H groups in total. The van der Waals surface area contributed by atoms with E-state index in [1.165, 1.54) is 0 Å². The molecule has 0 aliphatic rings. The monoisotopic (exact) mass is 419 g/mol. The first-order valence-corrected chi connectivity index (χ1v) is 7.32. The van der Waals surface area contributed by atoms with Crippen molar-refractivity contribution in [1.82, 2.24) is 15.0 Å². The van der Waals surface area contributed by atoms with Gasteiger partial charge in [0.25, 0.3) is 0 Å². The topological polar surface area (TPSA) is 38.7 Å². The average molecular weight is 422 g/mol. The highest BCUT2D eigenvalue weighted by Crippen LogP contribution is 2.34. The molecule has 0 fully saturated rings. The van der Waals surface area contributed by atoms with E-state index < -0.39 is 0 Å². The third-order valence-corrected chi connectivity index (χ3v) is 5.35. The molecule has 88 valence electrons. The highest BCUT2D eigenvalue weighted by Gasteiger charge is 2.09. The summed E-state index contributed by atoms with van der Waals surface area (Å²) in [6.07, 6.45) is 2.35. The molecule has 6 heteroatoms. The summed E-state index contributed by atoms with van der Waals surface area (Å²) in [6.45, 7) is 2.02. The number of aryl methyl sites for hydroxylation is 1. The molecule has 0 bridgehead atoms. The van der Waals surface area contributed by atoms with Crippen molar-refractivity contribution in [1.29, 1.82) is 0 Å². The Balaban J connectivity index is 2.52. The van der Waals surface area contributed by atoms with Gasteiger partial charge in [-0.25, -0.2) is 15.0 Å². The molecular weight excluding hydrogens is 414 g/mol. The fraction of sp³-hybridized carbons (Fsp3) is 0.182. The van der Waals surface area contributed by atoms with E-state index in [0.717, 1.165) is 31.2 Å². The first-order valence-electron chi connectivity index (χ1n) is 4.94. The maximum absolute atomic E-state index is 4.39. The molecule has 3 nitrogen and oxygen atoms in total. The second kappa shape index (κ2) is 5.54. The zero-order valence-electron chi connectivity index (χ0n) is 8.91. The van der Waals surface area contributed by atoms with Crippen LogP contribution in [0.1, 0.15) is 12.7 Å². The van der Waals surface area contributed by atoms with Crippen LogP contribution in [0.5, 0.6) is 0 Å². The van der Waals surface area contributed by atoms with Crippen LogP contribution in [-0.4, -0.2) is 15.0 Å². The third kappa shape index (κ3) is 2.92. The van der Waals surface area contributed by atoms with Crippen molar-refractivity contribution in [3.63, 3.8) is 0 Å². The Morgan fingerprint density at radius 1 is 1.06 bits per heavy atom. The molecule has 2 rings (SSSR count). The molecule has 0 aliphatic heterocycles. The molecule has 1 heterocycles. The van der Waals surface area contributed by atoms with Crippen LogP contribution in [0.4, 0.5) is 0 Å². The van der Waals surface area contributed by atoms with Gasteiger partial charge in [-0.05, 0) is 59.9 Å². The van der Waals surface area contributed by atoms with Crippen molar-refractivity contribution in [3.05, 3.63) is 37.7 Å². The predicted molar refractivity (Wildman–Crippen MR) is 77.7 cm³/mol. The molecule has 17 heavy (non-hydrogen) atoms. The second-order valence-corrected chi connectivity index (χ2v) is 5.83. The normalized spacial score (nSPS) is 10.6. The SMILES string of the molecule is CCc1ncnc(-c2cc(Br)c(Br)c(Br)c2)n1. The zero-order valence-corrected chi connectivity index (χ0v) is 13.7. The van der Waals surface area contributed by atoms with E-state index in [1.54, 1.807) is 6.33 Å². The fourth-order valence-electron chi connectivity index (χ4n) is 1.32. The van der Waals surface area contributed by atoms with Crippen LogP contribution in [0, 0.1) is 0 Å². The van der Waals surface area contributed by atoms with Crippen molar-refractivity contribution in [2.24, 2.45) is 0 Å². The number of aromatic nitrogens is 3. The van der Waals surface area contributed by atoms with Crippen LogP contribution in [0.25, 0.3) is 11.4 Å². The molecule has 0 saturated carbocycles. The van der Waals surface area contributed by atoms with Gasteiger partial charge in [-0.2, -0.15) is 0 Å². The lowest BCUT2D eigenvalue weighted by atomic mass is 10.2. The van der Waals surface area contributed by atoms with Crippen molar-refractivity contribution in [3.8, 4) is 11.4 Å². The minimum Gasteiger partial charge on any atom is -0.221 e. The molecule has 2 aromatic rings. The number of hydrogen-bond donors (Lipinski definition) is 0. The smallest absolute Gasteiger partial charge is 0.163 e. The van der Waals surface area contributed by atoms with E-state index in [0.29, 0.717) is 5.82 Å². The maximum Gasteiger partial charge on any atom is 0.163 e. The molecule has 1 aromatic carbocycles. The lowest BCUT2D eigenvalue weighted by Gasteiger charge is -2.05. The highest BCUT2D eigenvalue weighted by molar-refractivity contribution is 9.14. The van der Waals surface area contributed by atoms with E-state index in [1.807, 2.05) is 19.1 Å². The van der Waals surface area contributed by atoms with E-state index in [-0.39, 0.29) is 0 Å². The average Bonchev–Trinajstić information content (AvgIpc) is 2.35. The Bertz CT molecular complexity index is 534. The van der Waals surface area contributed by atoms with E-state index in [2.05, 4.69) is 62.7 Å². The lowest BCUT2D eigenvalue weighted by molar-refractivity contribution is 0.903. The molecule has 0 spiro atoms. The van der Waals surface area contributed by atoms with Gasteiger partial charge in [0.1, 0.15) is 12.2 Å². The summed E-state index contributed by atoms with van der Waals surface area (Å²) in [6, 6.07) is 3.95. The number of nitrogens with zero attached hydrogens (tertiary/aromatic N) is 3. The Labute approximate surface area is 124 Å². The Kier molecular flexibility index (Phi) is 4.27. The number of halogens is 3. The summed E-state index contributed by atoms with van der Waals surface area (Å²) in [4.78, 5) is 12.7. The largest absolute Gasteiger partial charge is 0.221 e. The molecule has 0 radical (unpaired) electrons. The summed E-state index contributed by atoms with van der Waals surface area (Å²) < 4.78 is 2.90. The fourth-order valence-corrected chi connectivity index (χ4v) is 2.74. The number of rotatable bonds is 2. The molecule has 1 aromatic heterocycles. The van der Waals surface area contributed by atoms with E-state index in [4.69, 9.17) is 0 Å². The van der Waals surface area contributed by atoms with Crippen LogP contribution < -0.4 is 0 Å². The summed E-state index contributed by atoms with van der Waals surface area (Å²) in [5.74, 6) is 1.48. The van der Waals surface area contributed by atoms with Gasteiger partial charge in [-0.15, -0.1) is 0 Å². The lowest BCUT2D eigenvalue weighted by Crippen LogP contribution is -1.97. The third-order valence-electron chi connectivity index (χ3n) is 2.18. The zero-order chi connectivity index (χ0) is 12.4.